The smallest absolute Gasteiger partial charge is 0.339 e. The van der Waals surface area contributed by atoms with Crippen LogP contribution in [0.3, 0.4) is 0 Å². The number of hydrogen-bond acceptors (Lipinski definition) is 6. The van der Waals surface area contributed by atoms with Crippen molar-refractivity contribution < 1.29 is 23.6 Å². The third-order valence-electron chi connectivity index (χ3n) is 3.71. The summed E-state index contributed by atoms with van der Waals surface area (Å²) < 4.78 is 16.0. The number of rotatable bonds is 8. The molecule has 2 aromatic rings. The van der Waals surface area contributed by atoms with E-state index in [1.165, 1.54) is 6.92 Å². The van der Waals surface area contributed by atoms with Crippen molar-refractivity contribution in [2.75, 3.05) is 6.54 Å². The van der Waals surface area contributed by atoms with Crippen molar-refractivity contribution in [1.82, 2.24) is 10.5 Å². The Hall–Kier alpha value is -3.09. The van der Waals surface area contributed by atoms with Crippen molar-refractivity contribution in [3.8, 4) is 5.75 Å². The molecule has 0 saturated carbocycles. The van der Waals surface area contributed by atoms with Gasteiger partial charge in [-0.1, -0.05) is 17.3 Å². The van der Waals surface area contributed by atoms with Crippen LogP contribution in [0.5, 0.6) is 5.75 Å². The number of carbonyl (C=O) groups is 2. The minimum absolute atomic E-state index is 0.278. The first-order chi connectivity index (χ1) is 12.4. The second-order valence-corrected chi connectivity index (χ2v) is 5.70. The molecule has 0 radical (unpaired) electrons. The molecule has 1 heterocycles. The highest BCUT2D eigenvalue weighted by Gasteiger charge is 2.18. The van der Waals surface area contributed by atoms with E-state index in [9.17, 15) is 9.59 Å². The standard InChI is InChI=1S/C19H22N2O5/c1-5-9-20-18(22)14(4)25-19(23)15-7-6-8-16(10-15)24-11-17-12(2)21-26-13(17)3/h5-8,10,14H,1,9,11H2,2-4H3,(H,20,22)/t14-/m1/s1. The zero-order valence-electron chi connectivity index (χ0n) is 15.1. The van der Waals surface area contributed by atoms with Crippen LogP contribution in [0.1, 0.15) is 34.3 Å². The molecule has 1 aromatic carbocycles. The molecule has 26 heavy (non-hydrogen) atoms. The lowest BCUT2D eigenvalue weighted by atomic mass is 10.2. The van der Waals surface area contributed by atoms with Gasteiger partial charge >= 0.3 is 5.97 Å². The summed E-state index contributed by atoms with van der Waals surface area (Å²) in [5.74, 6) is 0.207. The number of esters is 1. The first kappa shape index (κ1) is 19.2. The minimum atomic E-state index is -0.908. The van der Waals surface area contributed by atoms with E-state index in [1.54, 1.807) is 30.3 Å². The van der Waals surface area contributed by atoms with Gasteiger partial charge in [0, 0.05) is 6.54 Å². The molecular formula is C19H22N2O5. The highest BCUT2D eigenvalue weighted by molar-refractivity contribution is 5.92. The Morgan fingerprint density at radius 3 is 2.81 bits per heavy atom. The van der Waals surface area contributed by atoms with Crippen molar-refractivity contribution in [2.45, 2.75) is 33.5 Å². The van der Waals surface area contributed by atoms with Gasteiger partial charge in [-0.3, -0.25) is 4.79 Å². The highest BCUT2D eigenvalue weighted by Crippen LogP contribution is 2.19. The molecule has 0 unspecified atom stereocenters. The van der Waals surface area contributed by atoms with Gasteiger partial charge in [-0.2, -0.15) is 0 Å². The normalized spacial score (nSPS) is 11.5. The van der Waals surface area contributed by atoms with Gasteiger partial charge in [0.25, 0.3) is 5.91 Å². The minimum Gasteiger partial charge on any atom is -0.489 e. The summed E-state index contributed by atoms with van der Waals surface area (Å²) in [5, 5.41) is 6.44. The van der Waals surface area contributed by atoms with Crippen molar-refractivity contribution in [1.29, 1.82) is 0 Å². The molecule has 0 aliphatic carbocycles. The zero-order valence-corrected chi connectivity index (χ0v) is 15.1. The summed E-state index contributed by atoms with van der Waals surface area (Å²) in [6.45, 7) is 9.25. The van der Waals surface area contributed by atoms with Crippen LogP contribution in [0.25, 0.3) is 0 Å². The number of aromatic nitrogens is 1. The monoisotopic (exact) mass is 358 g/mol. The number of hydrogen-bond donors (Lipinski definition) is 1. The lowest BCUT2D eigenvalue weighted by molar-refractivity contribution is -0.128. The van der Waals surface area contributed by atoms with E-state index in [-0.39, 0.29) is 12.5 Å². The third kappa shape index (κ3) is 4.95. The molecule has 1 aromatic heterocycles. The molecule has 0 bridgehead atoms. The van der Waals surface area contributed by atoms with Gasteiger partial charge in [-0.25, -0.2) is 4.79 Å². The Kier molecular flexibility index (Phi) is 6.54. The highest BCUT2D eigenvalue weighted by atomic mass is 16.5. The van der Waals surface area contributed by atoms with Gasteiger partial charge in [0.05, 0.1) is 16.8 Å². The molecule has 2 rings (SSSR count). The second kappa shape index (κ2) is 8.84. The maximum atomic E-state index is 12.2. The molecule has 7 heteroatoms. The lowest BCUT2D eigenvalue weighted by Gasteiger charge is -2.13. The van der Waals surface area contributed by atoms with E-state index in [0.29, 0.717) is 23.6 Å². The molecule has 1 N–H and O–H groups in total. The second-order valence-electron chi connectivity index (χ2n) is 5.70. The SMILES string of the molecule is C=CCNC(=O)[C@@H](C)OC(=O)c1cccc(OCc2c(C)noc2C)c1. The first-order valence-corrected chi connectivity index (χ1v) is 8.16. The van der Waals surface area contributed by atoms with E-state index in [1.807, 2.05) is 13.8 Å². The van der Waals surface area contributed by atoms with Crippen molar-refractivity contribution in [3.05, 3.63) is 59.5 Å². The van der Waals surface area contributed by atoms with E-state index in [0.717, 1.165) is 11.3 Å². The summed E-state index contributed by atoms with van der Waals surface area (Å²) in [5.41, 5.74) is 1.92. The van der Waals surface area contributed by atoms with Gasteiger partial charge in [-0.15, -0.1) is 6.58 Å². The van der Waals surface area contributed by atoms with Crippen LogP contribution in [0.15, 0.2) is 41.4 Å². The maximum Gasteiger partial charge on any atom is 0.339 e. The quantitative estimate of drug-likeness (QED) is 0.576. The van der Waals surface area contributed by atoms with Gasteiger partial charge in [-0.05, 0) is 39.0 Å². The number of nitrogens with zero attached hydrogens (tertiary/aromatic N) is 1. The van der Waals surface area contributed by atoms with Crippen LogP contribution < -0.4 is 10.1 Å². The molecule has 0 aliphatic rings. The van der Waals surface area contributed by atoms with E-state index >= 15 is 0 Å². The predicted molar refractivity (Wildman–Crippen MR) is 94.8 cm³/mol. The Balaban J connectivity index is 1.98. The average molecular weight is 358 g/mol. The van der Waals surface area contributed by atoms with Crippen molar-refractivity contribution in [2.24, 2.45) is 0 Å². The molecule has 138 valence electrons. The van der Waals surface area contributed by atoms with Gasteiger partial charge in [0.2, 0.25) is 0 Å². The number of nitrogens with one attached hydrogen (secondary N) is 1. The zero-order chi connectivity index (χ0) is 19.1. The first-order valence-electron chi connectivity index (χ1n) is 8.16. The molecule has 0 fully saturated rings. The van der Waals surface area contributed by atoms with Crippen LogP contribution >= 0.6 is 0 Å². The van der Waals surface area contributed by atoms with Crippen molar-refractivity contribution in [3.63, 3.8) is 0 Å². The molecule has 1 atom stereocenters. The van der Waals surface area contributed by atoms with Crippen LogP contribution in [0.2, 0.25) is 0 Å². The summed E-state index contributed by atoms with van der Waals surface area (Å²) in [7, 11) is 0. The predicted octanol–water partition coefficient (Wildman–Crippen LogP) is 2.72. The van der Waals surface area contributed by atoms with Crippen molar-refractivity contribution >= 4 is 11.9 Å². The van der Waals surface area contributed by atoms with E-state index in [2.05, 4.69) is 17.1 Å². The Bertz CT molecular complexity index is 777. The fraction of sp³-hybridized carbons (Fsp3) is 0.316. The number of carbonyl (C=O) groups excluding carboxylic acids is 2. The number of benzene rings is 1. The third-order valence-corrected chi connectivity index (χ3v) is 3.71. The van der Waals surface area contributed by atoms with Gasteiger partial charge in [0.1, 0.15) is 18.1 Å². The van der Waals surface area contributed by atoms with Crippen LogP contribution in [-0.4, -0.2) is 29.7 Å². The molecule has 1 amide bonds. The van der Waals surface area contributed by atoms with Gasteiger partial charge < -0.3 is 19.3 Å². The number of ether oxygens (including phenoxy) is 2. The Morgan fingerprint density at radius 1 is 1.38 bits per heavy atom. The largest absolute Gasteiger partial charge is 0.489 e. The molecule has 0 aliphatic heterocycles. The Morgan fingerprint density at radius 2 is 2.15 bits per heavy atom. The number of aryl methyl sites for hydroxylation is 2. The van der Waals surface area contributed by atoms with Crippen LogP contribution in [0, 0.1) is 13.8 Å². The molecule has 0 saturated heterocycles. The molecule has 7 nitrogen and oxygen atoms in total. The van der Waals surface area contributed by atoms with Crippen LogP contribution in [0.4, 0.5) is 0 Å². The molecule has 0 spiro atoms. The van der Waals surface area contributed by atoms with E-state index in [4.69, 9.17) is 14.0 Å². The van der Waals surface area contributed by atoms with Crippen LogP contribution in [-0.2, 0) is 16.1 Å². The topological polar surface area (TPSA) is 90.7 Å². The summed E-state index contributed by atoms with van der Waals surface area (Å²) in [6.07, 6.45) is 0.640. The summed E-state index contributed by atoms with van der Waals surface area (Å²) in [4.78, 5) is 24.0. The van der Waals surface area contributed by atoms with E-state index < -0.39 is 12.1 Å². The maximum absolute atomic E-state index is 12.2. The molecular weight excluding hydrogens is 336 g/mol. The lowest BCUT2D eigenvalue weighted by Crippen LogP contribution is -2.35. The fourth-order valence-corrected chi connectivity index (χ4v) is 2.17. The summed E-state index contributed by atoms with van der Waals surface area (Å²) in [6, 6.07) is 6.57. The number of amides is 1. The Labute approximate surface area is 152 Å². The summed E-state index contributed by atoms with van der Waals surface area (Å²) >= 11 is 0. The van der Waals surface area contributed by atoms with Gasteiger partial charge in [0.15, 0.2) is 6.10 Å². The average Bonchev–Trinajstić information content (AvgIpc) is 2.95. The fourth-order valence-electron chi connectivity index (χ4n) is 2.17.